The minimum Gasteiger partial charge on any atom is -0.496 e. The molecular weight excluding hydrogens is 279 g/mol. The van der Waals surface area contributed by atoms with Crippen LogP contribution in [0.5, 0.6) is 5.75 Å². The molecule has 4 nitrogen and oxygen atoms in total. The van der Waals surface area contributed by atoms with Crippen molar-refractivity contribution in [3.63, 3.8) is 0 Å². The molecule has 0 aliphatic heterocycles. The van der Waals surface area contributed by atoms with Crippen LogP contribution in [0.4, 0.5) is 10.3 Å². The lowest BCUT2D eigenvalue weighted by Gasteiger charge is -2.07. The van der Waals surface area contributed by atoms with Crippen LogP contribution in [0.1, 0.15) is 0 Å². The van der Waals surface area contributed by atoms with Gasteiger partial charge in [0, 0.05) is 10.5 Å². The van der Waals surface area contributed by atoms with E-state index >= 15 is 0 Å². The summed E-state index contributed by atoms with van der Waals surface area (Å²) in [7, 11) is 1.45. The average Bonchev–Trinajstić information content (AvgIpc) is 2.63. The quantitative estimate of drug-likeness (QED) is 0.922. The highest BCUT2D eigenvalue weighted by molar-refractivity contribution is 9.10. The molecule has 0 unspecified atom stereocenters. The van der Waals surface area contributed by atoms with E-state index in [0.717, 1.165) is 0 Å². The Balaban J connectivity index is 2.63. The van der Waals surface area contributed by atoms with Gasteiger partial charge in [-0.05, 0) is 12.1 Å². The van der Waals surface area contributed by atoms with Crippen molar-refractivity contribution in [3.8, 4) is 17.0 Å². The van der Waals surface area contributed by atoms with Crippen molar-refractivity contribution in [1.82, 2.24) is 5.16 Å². The highest BCUT2D eigenvalue weighted by Gasteiger charge is 2.16. The van der Waals surface area contributed by atoms with Crippen LogP contribution >= 0.6 is 15.9 Å². The number of benzene rings is 1. The minimum absolute atomic E-state index is 0.124. The first-order valence-electron chi connectivity index (χ1n) is 4.37. The summed E-state index contributed by atoms with van der Waals surface area (Å²) in [5.74, 6) is 0.0269. The van der Waals surface area contributed by atoms with Gasteiger partial charge in [-0.25, -0.2) is 4.39 Å². The number of anilines is 1. The molecule has 2 aromatic rings. The number of hydrogen-bond donors (Lipinski definition) is 1. The summed E-state index contributed by atoms with van der Waals surface area (Å²) in [5.41, 5.74) is 5.92. The van der Waals surface area contributed by atoms with Crippen molar-refractivity contribution in [2.75, 3.05) is 12.8 Å². The fourth-order valence-corrected chi connectivity index (χ4v) is 1.78. The topological polar surface area (TPSA) is 61.3 Å². The second kappa shape index (κ2) is 4.13. The Morgan fingerprint density at radius 1 is 1.44 bits per heavy atom. The fourth-order valence-electron chi connectivity index (χ4n) is 1.37. The van der Waals surface area contributed by atoms with Crippen molar-refractivity contribution in [1.29, 1.82) is 0 Å². The summed E-state index contributed by atoms with van der Waals surface area (Å²) in [6, 6.07) is 4.40. The van der Waals surface area contributed by atoms with Gasteiger partial charge in [-0.2, -0.15) is 0 Å². The molecule has 0 radical (unpaired) electrons. The fraction of sp³-hybridized carbons (Fsp3) is 0.100. The molecule has 0 amide bonds. The third-order valence-corrected chi connectivity index (χ3v) is 2.48. The summed E-state index contributed by atoms with van der Waals surface area (Å²) in [4.78, 5) is 0. The van der Waals surface area contributed by atoms with E-state index < -0.39 is 5.82 Å². The van der Waals surface area contributed by atoms with E-state index in [1.165, 1.54) is 19.2 Å². The van der Waals surface area contributed by atoms with E-state index in [2.05, 4.69) is 21.1 Å². The summed E-state index contributed by atoms with van der Waals surface area (Å²) in [6.07, 6.45) is 0. The summed E-state index contributed by atoms with van der Waals surface area (Å²) in [5, 5.41) is 3.65. The monoisotopic (exact) mass is 286 g/mol. The maximum Gasteiger partial charge on any atom is 0.222 e. The lowest BCUT2D eigenvalue weighted by molar-refractivity contribution is 0.410. The molecule has 0 spiro atoms. The molecular formula is C10H8BrFN2O2. The number of nitrogens with two attached hydrogens (primary N) is 1. The van der Waals surface area contributed by atoms with Crippen LogP contribution in [0, 0.1) is 5.82 Å². The number of rotatable bonds is 2. The van der Waals surface area contributed by atoms with Gasteiger partial charge in [0.15, 0.2) is 0 Å². The number of hydrogen-bond acceptors (Lipinski definition) is 4. The van der Waals surface area contributed by atoms with Crippen molar-refractivity contribution < 1.29 is 13.7 Å². The van der Waals surface area contributed by atoms with Crippen LogP contribution in [0.25, 0.3) is 11.3 Å². The van der Waals surface area contributed by atoms with Gasteiger partial charge in [0.25, 0.3) is 0 Å². The van der Waals surface area contributed by atoms with Gasteiger partial charge in [0.05, 0.1) is 12.7 Å². The molecule has 1 aromatic carbocycles. The van der Waals surface area contributed by atoms with Crippen LogP contribution in [0.3, 0.4) is 0 Å². The van der Waals surface area contributed by atoms with Gasteiger partial charge < -0.3 is 15.0 Å². The van der Waals surface area contributed by atoms with Gasteiger partial charge in [-0.15, -0.1) is 0 Å². The van der Waals surface area contributed by atoms with Crippen molar-refractivity contribution >= 4 is 21.8 Å². The van der Waals surface area contributed by atoms with Crippen LogP contribution < -0.4 is 10.5 Å². The highest BCUT2D eigenvalue weighted by Crippen LogP contribution is 2.35. The molecule has 0 aliphatic carbocycles. The maximum atomic E-state index is 13.8. The zero-order chi connectivity index (χ0) is 11.7. The number of halogens is 2. The van der Waals surface area contributed by atoms with E-state index in [4.69, 9.17) is 15.0 Å². The van der Waals surface area contributed by atoms with Crippen LogP contribution in [0.15, 0.2) is 27.2 Å². The molecule has 1 heterocycles. The molecule has 6 heteroatoms. The Labute approximate surface area is 99.3 Å². The maximum absolute atomic E-state index is 13.8. The Hall–Kier alpha value is -1.56. The first-order chi connectivity index (χ1) is 7.61. The van der Waals surface area contributed by atoms with Gasteiger partial charge in [0.2, 0.25) is 5.88 Å². The smallest absolute Gasteiger partial charge is 0.222 e. The number of methoxy groups -OCH3 is 1. The zero-order valence-electron chi connectivity index (χ0n) is 8.33. The summed E-state index contributed by atoms with van der Waals surface area (Å²) < 4.78 is 24.1. The lowest BCUT2D eigenvalue weighted by atomic mass is 10.1. The van der Waals surface area contributed by atoms with Crippen LogP contribution in [-0.4, -0.2) is 12.3 Å². The lowest BCUT2D eigenvalue weighted by Crippen LogP contribution is -1.92. The largest absolute Gasteiger partial charge is 0.496 e. The molecule has 0 bridgehead atoms. The molecule has 0 fully saturated rings. The molecule has 0 saturated heterocycles. The number of nitrogens with zero attached hydrogens (tertiary/aromatic N) is 1. The molecule has 84 valence electrons. The van der Waals surface area contributed by atoms with Gasteiger partial charge in [-0.1, -0.05) is 21.1 Å². The number of aromatic nitrogens is 1. The van der Waals surface area contributed by atoms with Crippen molar-refractivity contribution in [2.24, 2.45) is 0 Å². The van der Waals surface area contributed by atoms with Gasteiger partial charge in [0.1, 0.15) is 17.3 Å². The normalized spacial score (nSPS) is 10.4. The van der Waals surface area contributed by atoms with E-state index in [-0.39, 0.29) is 11.4 Å². The van der Waals surface area contributed by atoms with E-state index in [9.17, 15) is 4.39 Å². The first-order valence-corrected chi connectivity index (χ1v) is 5.16. The third kappa shape index (κ3) is 1.88. The standard InChI is InChI=1S/C10H8BrFN2O2/c1-15-8-3-5(11)2-6(12)10(8)7-4-9(13)16-14-7/h2-4H,13H2,1H3. The van der Waals surface area contributed by atoms with Gasteiger partial charge in [-0.3, -0.25) is 0 Å². The molecule has 0 aliphatic rings. The molecule has 16 heavy (non-hydrogen) atoms. The molecule has 0 atom stereocenters. The van der Waals surface area contributed by atoms with E-state index in [0.29, 0.717) is 15.9 Å². The SMILES string of the molecule is COc1cc(Br)cc(F)c1-c1cc(N)on1. The predicted octanol–water partition coefficient (Wildman–Crippen LogP) is 2.83. The third-order valence-electron chi connectivity index (χ3n) is 2.02. The number of nitrogen functional groups attached to an aromatic ring is 1. The Bertz CT molecular complexity index is 528. The minimum atomic E-state index is -0.459. The van der Waals surface area contributed by atoms with Crippen LogP contribution in [-0.2, 0) is 0 Å². The van der Waals surface area contributed by atoms with Crippen LogP contribution in [0.2, 0.25) is 0 Å². The second-order valence-electron chi connectivity index (χ2n) is 3.08. The average molecular weight is 287 g/mol. The molecule has 1 aromatic heterocycles. The summed E-state index contributed by atoms with van der Waals surface area (Å²) in [6.45, 7) is 0. The van der Waals surface area contributed by atoms with Crippen molar-refractivity contribution in [2.45, 2.75) is 0 Å². The molecule has 0 saturated carbocycles. The number of ether oxygens (including phenoxy) is 1. The summed E-state index contributed by atoms with van der Waals surface area (Å²) >= 11 is 3.18. The van der Waals surface area contributed by atoms with E-state index in [1.54, 1.807) is 6.07 Å². The second-order valence-corrected chi connectivity index (χ2v) is 4.00. The molecule has 2 rings (SSSR count). The first kappa shape index (κ1) is 10.9. The zero-order valence-corrected chi connectivity index (χ0v) is 9.92. The Morgan fingerprint density at radius 3 is 2.75 bits per heavy atom. The Kier molecular flexibility index (Phi) is 2.82. The van der Waals surface area contributed by atoms with E-state index in [1.807, 2.05) is 0 Å². The van der Waals surface area contributed by atoms with Gasteiger partial charge >= 0.3 is 0 Å². The molecule has 2 N–H and O–H groups in total. The van der Waals surface area contributed by atoms with Crippen molar-refractivity contribution in [3.05, 3.63) is 28.5 Å². The predicted molar refractivity (Wildman–Crippen MR) is 60.6 cm³/mol. The Morgan fingerprint density at radius 2 is 2.19 bits per heavy atom. The highest BCUT2D eigenvalue weighted by atomic mass is 79.9.